The number of hydrogen-bond acceptors (Lipinski definition) is 7. The van der Waals surface area contributed by atoms with Crippen LogP contribution in [0.2, 0.25) is 0 Å². The van der Waals surface area contributed by atoms with Crippen LogP contribution >= 0.6 is 0 Å². The number of rotatable bonds is 10. The molecule has 6 rings (SSSR count). The fourth-order valence-corrected chi connectivity index (χ4v) is 7.62. The van der Waals surface area contributed by atoms with Gasteiger partial charge < -0.3 is 35.1 Å². The first kappa shape index (κ1) is 29.6. The average Bonchev–Trinajstić information content (AvgIpc) is 3.28. The van der Waals surface area contributed by atoms with Gasteiger partial charge in [-0.2, -0.15) is 0 Å². The lowest BCUT2D eigenvalue weighted by molar-refractivity contribution is -0.132. The molecule has 4 saturated carbocycles. The maximum atomic E-state index is 13.6. The molecule has 0 aromatic heterocycles. The first-order valence-electron chi connectivity index (χ1n) is 14.7. The molecule has 4 aliphatic carbocycles. The molecule has 0 radical (unpaired) electrons. The molecule has 1 aromatic carbocycles. The second-order valence-electron chi connectivity index (χ2n) is 13.3. The van der Waals surface area contributed by atoms with Gasteiger partial charge in [-0.25, -0.2) is 14.0 Å². The number of halogens is 1. The zero-order chi connectivity index (χ0) is 29.3. The Labute approximate surface area is 241 Å². The number of carbonyl (C=O) groups is 3. The topological polar surface area (TPSA) is 118 Å². The van der Waals surface area contributed by atoms with Gasteiger partial charge in [0.2, 0.25) is 5.91 Å². The van der Waals surface area contributed by atoms with Crippen LogP contribution in [0.5, 0.6) is 0 Å². The molecule has 0 spiro atoms. The molecule has 1 heterocycles. The highest BCUT2D eigenvalue weighted by atomic mass is 19.1. The minimum absolute atomic E-state index is 0.0140. The number of ether oxygens (including phenoxy) is 3. The molecule has 5 aliphatic rings. The number of fused-ring (bicyclic) bond motifs is 1. The molecule has 2 unspecified atom stereocenters. The van der Waals surface area contributed by atoms with E-state index in [0.29, 0.717) is 31.5 Å². The summed E-state index contributed by atoms with van der Waals surface area (Å²) in [5.74, 6) is 0.735. The van der Waals surface area contributed by atoms with Crippen molar-refractivity contribution in [2.45, 2.75) is 89.1 Å². The van der Waals surface area contributed by atoms with Gasteiger partial charge in [0.05, 0.1) is 19.8 Å². The third kappa shape index (κ3) is 7.48. The number of benzene rings is 1. The van der Waals surface area contributed by atoms with E-state index in [1.165, 1.54) is 12.1 Å². The number of nitrogens with one attached hydrogen (secondary N) is 3. The second kappa shape index (κ2) is 11.8. The molecule has 1 aromatic rings. The molecule has 1 aliphatic heterocycles. The van der Waals surface area contributed by atoms with E-state index in [1.54, 1.807) is 31.7 Å². The van der Waals surface area contributed by atoms with Gasteiger partial charge >= 0.3 is 12.2 Å². The van der Waals surface area contributed by atoms with Crippen molar-refractivity contribution >= 4 is 18.1 Å². The van der Waals surface area contributed by atoms with E-state index in [9.17, 15) is 18.8 Å². The number of carbonyl (C=O) groups excluding carboxylic acids is 3. The minimum Gasteiger partial charge on any atom is -0.447 e. The van der Waals surface area contributed by atoms with Crippen LogP contribution in [0.15, 0.2) is 18.2 Å². The zero-order valence-corrected chi connectivity index (χ0v) is 24.4. The molecule has 4 bridgehead atoms. The highest BCUT2D eigenvalue weighted by molar-refractivity contribution is 5.79. The van der Waals surface area contributed by atoms with Crippen molar-refractivity contribution < 1.29 is 33.0 Å². The average molecular weight is 575 g/mol. The fraction of sp³-hybridized carbons (Fsp3) is 0.700. The van der Waals surface area contributed by atoms with Crippen molar-refractivity contribution in [2.24, 2.45) is 11.8 Å². The Bertz CT molecular complexity index is 1140. The number of nitrogens with zero attached hydrogens (tertiary/aromatic N) is 1. The smallest absolute Gasteiger partial charge is 0.407 e. The van der Waals surface area contributed by atoms with Gasteiger partial charge in [-0.05, 0) is 94.4 Å². The Morgan fingerprint density at radius 1 is 0.976 bits per heavy atom. The van der Waals surface area contributed by atoms with Crippen LogP contribution in [-0.2, 0) is 32.1 Å². The molecule has 226 valence electrons. The number of amides is 3. The van der Waals surface area contributed by atoms with Crippen LogP contribution in [-0.4, -0.2) is 72.6 Å². The summed E-state index contributed by atoms with van der Waals surface area (Å²) in [6, 6.07) is 4.71. The molecular formula is C30H43FN4O6. The quantitative estimate of drug-likeness (QED) is 0.366. The molecular weight excluding hydrogens is 531 g/mol. The highest BCUT2D eigenvalue weighted by Gasteiger charge is 2.58. The van der Waals surface area contributed by atoms with Crippen molar-refractivity contribution in [3.63, 3.8) is 0 Å². The molecule has 11 heteroatoms. The largest absolute Gasteiger partial charge is 0.447 e. The Morgan fingerprint density at radius 2 is 1.68 bits per heavy atom. The van der Waals surface area contributed by atoms with Gasteiger partial charge in [0, 0.05) is 30.7 Å². The SMILES string of the molecule is CC(C)(C)OC(=O)NCCOCCOC(=O)NC12CC3CC(CC(NCC(=O)N4Cc5ccc(F)cc5C4)(C3)C1)C2. The molecule has 4 fully saturated rings. The molecule has 3 N–H and O–H groups in total. The molecule has 2 atom stereocenters. The molecule has 41 heavy (non-hydrogen) atoms. The Morgan fingerprint density at radius 3 is 2.41 bits per heavy atom. The first-order valence-corrected chi connectivity index (χ1v) is 14.7. The van der Waals surface area contributed by atoms with Gasteiger partial charge in [-0.3, -0.25) is 4.79 Å². The summed E-state index contributed by atoms with van der Waals surface area (Å²) < 4.78 is 29.6. The number of alkyl carbamates (subject to hydrolysis) is 2. The van der Waals surface area contributed by atoms with E-state index < -0.39 is 17.8 Å². The maximum Gasteiger partial charge on any atom is 0.407 e. The highest BCUT2D eigenvalue weighted by Crippen LogP contribution is 2.57. The molecule has 3 amide bonds. The summed E-state index contributed by atoms with van der Waals surface area (Å²) in [7, 11) is 0. The van der Waals surface area contributed by atoms with E-state index in [2.05, 4.69) is 16.0 Å². The maximum absolute atomic E-state index is 13.6. The predicted octanol–water partition coefficient (Wildman–Crippen LogP) is 3.62. The lowest BCUT2D eigenvalue weighted by Crippen LogP contribution is -2.69. The van der Waals surface area contributed by atoms with Crippen LogP contribution in [0, 0.1) is 17.7 Å². The van der Waals surface area contributed by atoms with Gasteiger partial charge in [0.15, 0.2) is 0 Å². The van der Waals surface area contributed by atoms with Crippen molar-refractivity contribution in [3.05, 3.63) is 35.1 Å². The van der Waals surface area contributed by atoms with E-state index in [0.717, 1.165) is 49.7 Å². The monoisotopic (exact) mass is 574 g/mol. The minimum atomic E-state index is -0.556. The van der Waals surface area contributed by atoms with Crippen LogP contribution in [0.4, 0.5) is 14.0 Å². The molecule has 0 saturated heterocycles. The first-order chi connectivity index (χ1) is 19.4. The lowest BCUT2D eigenvalue weighted by Gasteiger charge is -2.62. The predicted molar refractivity (Wildman–Crippen MR) is 148 cm³/mol. The lowest BCUT2D eigenvalue weighted by atomic mass is 9.50. The van der Waals surface area contributed by atoms with Crippen LogP contribution < -0.4 is 16.0 Å². The summed E-state index contributed by atoms with van der Waals surface area (Å²) in [5, 5.41) is 9.42. The van der Waals surface area contributed by atoms with Gasteiger partial charge in [-0.15, -0.1) is 0 Å². The van der Waals surface area contributed by atoms with E-state index >= 15 is 0 Å². The van der Waals surface area contributed by atoms with E-state index in [-0.39, 0.29) is 49.2 Å². The third-order valence-electron chi connectivity index (χ3n) is 8.66. The van der Waals surface area contributed by atoms with Crippen molar-refractivity contribution in [2.75, 3.05) is 32.9 Å². The van der Waals surface area contributed by atoms with Crippen LogP contribution in [0.25, 0.3) is 0 Å². The van der Waals surface area contributed by atoms with Crippen molar-refractivity contribution in [1.29, 1.82) is 0 Å². The second-order valence-corrected chi connectivity index (χ2v) is 13.3. The normalized spacial score (nSPS) is 27.9. The zero-order valence-electron chi connectivity index (χ0n) is 24.4. The summed E-state index contributed by atoms with van der Waals surface area (Å²) in [6.45, 7) is 7.49. The Balaban J connectivity index is 1.04. The third-order valence-corrected chi connectivity index (χ3v) is 8.66. The summed E-state index contributed by atoms with van der Waals surface area (Å²) >= 11 is 0. The number of hydrogen-bond donors (Lipinski definition) is 3. The van der Waals surface area contributed by atoms with Crippen molar-refractivity contribution in [1.82, 2.24) is 20.9 Å². The van der Waals surface area contributed by atoms with Crippen LogP contribution in [0.1, 0.15) is 70.4 Å². The standard InChI is InChI=1S/C30H43FN4O6/c1-28(2,3)41-26(37)32-6-7-39-8-9-40-27(38)34-30-14-20-10-21(15-30)13-29(12-20,19-30)33-16-25(36)35-17-22-4-5-24(31)11-23(22)18-35/h4-5,11,20-21,33H,6-10,12-19H2,1-3H3,(H,32,37)(H,34,38). The Kier molecular flexibility index (Phi) is 8.48. The fourth-order valence-electron chi connectivity index (χ4n) is 7.62. The van der Waals surface area contributed by atoms with Gasteiger partial charge in [0.1, 0.15) is 18.0 Å². The van der Waals surface area contributed by atoms with Gasteiger partial charge in [0.25, 0.3) is 0 Å². The summed E-state index contributed by atoms with van der Waals surface area (Å²) in [5.41, 5.74) is 0.795. The molecule has 10 nitrogen and oxygen atoms in total. The summed E-state index contributed by atoms with van der Waals surface area (Å²) in [6.07, 6.45) is 4.85. The van der Waals surface area contributed by atoms with Gasteiger partial charge in [-0.1, -0.05) is 6.07 Å². The van der Waals surface area contributed by atoms with E-state index in [1.807, 2.05) is 0 Å². The Hall–Kier alpha value is -2.92. The van der Waals surface area contributed by atoms with E-state index in [4.69, 9.17) is 14.2 Å². The van der Waals surface area contributed by atoms with Crippen molar-refractivity contribution in [3.8, 4) is 0 Å². The summed E-state index contributed by atoms with van der Waals surface area (Å²) in [4.78, 5) is 39.3. The van der Waals surface area contributed by atoms with Crippen LogP contribution in [0.3, 0.4) is 0 Å².